The number of carbonyl (C=O) groups excluding carboxylic acids is 2. The van der Waals surface area contributed by atoms with E-state index in [0.29, 0.717) is 30.2 Å². The van der Waals surface area contributed by atoms with Crippen LogP contribution in [-0.2, 0) is 4.74 Å². The standard InChI is InChI=1S/C21H30ClN3O4/c1-21(2,3)29-20(28)25-12-17(18(26)13-25)23-16-8-10-24(11-9-16)19(27)14-4-6-15(22)7-5-14/h4-7,16-18,23,26H,8-13H2,1-3H3/t17-,18-/m0/s1. The lowest BCUT2D eigenvalue weighted by Gasteiger charge is -2.34. The third-order valence-electron chi connectivity index (χ3n) is 5.26. The highest BCUT2D eigenvalue weighted by Crippen LogP contribution is 2.20. The van der Waals surface area contributed by atoms with E-state index in [9.17, 15) is 14.7 Å². The Labute approximate surface area is 176 Å². The van der Waals surface area contributed by atoms with Crippen LogP contribution < -0.4 is 5.32 Å². The van der Waals surface area contributed by atoms with Crippen molar-refractivity contribution in [1.29, 1.82) is 0 Å². The zero-order valence-corrected chi connectivity index (χ0v) is 18.0. The Bertz CT molecular complexity index is 726. The molecule has 0 bridgehead atoms. The summed E-state index contributed by atoms with van der Waals surface area (Å²) in [5.41, 5.74) is 0.0804. The average Bonchev–Trinajstić information content (AvgIpc) is 3.02. The summed E-state index contributed by atoms with van der Waals surface area (Å²) in [5.74, 6) is 0.0112. The zero-order chi connectivity index (χ0) is 21.2. The summed E-state index contributed by atoms with van der Waals surface area (Å²) in [6.45, 7) is 7.46. The van der Waals surface area contributed by atoms with Crippen LogP contribution in [0.2, 0.25) is 5.02 Å². The van der Waals surface area contributed by atoms with Gasteiger partial charge in [-0.05, 0) is 57.9 Å². The van der Waals surface area contributed by atoms with Crippen LogP contribution in [-0.4, -0.2) is 76.9 Å². The Hall–Kier alpha value is -1.83. The summed E-state index contributed by atoms with van der Waals surface area (Å²) < 4.78 is 5.39. The minimum absolute atomic E-state index is 0.0112. The SMILES string of the molecule is CC(C)(C)OC(=O)N1C[C@H](NC2CCN(C(=O)c3ccc(Cl)cc3)CC2)[C@@H](O)C1. The largest absolute Gasteiger partial charge is 0.444 e. The highest BCUT2D eigenvalue weighted by molar-refractivity contribution is 6.30. The number of hydrogen-bond donors (Lipinski definition) is 2. The van der Waals surface area contributed by atoms with Gasteiger partial charge in [0.05, 0.1) is 18.7 Å². The highest BCUT2D eigenvalue weighted by atomic mass is 35.5. The number of piperidine rings is 1. The molecule has 7 nitrogen and oxygen atoms in total. The Balaban J connectivity index is 1.47. The maximum absolute atomic E-state index is 12.6. The summed E-state index contributed by atoms with van der Waals surface area (Å²) in [7, 11) is 0. The molecule has 0 aliphatic carbocycles. The van der Waals surface area contributed by atoms with Gasteiger partial charge in [0.2, 0.25) is 0 Å². The van der Waals surface area contributed by atoms with Gasteiger partial charge in [0.15, 0.2) is 0 Å². The smallest absolute Gasteiger partial charge is 0.410 e. The van der Waals surface area contributed by atoms with Crippen molar-refractivity contribution in [2.75, 3.05) is 26.2 Å². The third kappa shape index (κ3) is 5.84. The van der Waals surface area contributed by atoms with Gasteiger partial charge in [0, 0.05) is 36.3 Å². The van der Waals surface area contributed by atoms with E-state index in [1.807, 2.05) is 25.7 Å². The molecule has 1 aromatic rings. The quantitative estimate of drug-likeness (QED) is 0.780. The average molecular weight is 424 g/mol. The van der Waals surface area contributed by atoms with Crippen LogP contribution in [0.25, 0.3) is 0 Å². The molecule has 160 valence electrons. The number of carbonyl (C=O) groups is 2. The van der Waals surface area contributed by atoms with Crippen molar-refractivity contribution in [3.63, 3.8) is 0 Å². The van der Waals surface area contributed by atoms with E-state index < -0.39 is 17.8 Å². The first-order valence-electron chi connectivity index (χ1n) is 10.1. The second-order valence-electron chi connectivity index (χ2n) is 8.80. The minimum atomic E-state index is -0.628. The van der Waals surface area contributed by atoms with E-state index >= 15 is 0 Å². The summed E-state index contributed by atoms with van der Waals surface area (Å²) in [6, 6.07) is 6.94. The second kappa shape index (κ2) is 8.90. The number of aliphatic hydroxyl groups excluding tert-OH is 1. The number of amides is 2. The van der Waals surface area contributed by atoms with Crippen LogP contribution in [0.5, 0.6) is 0 Å². The molecular formula is C21H30ClN3O4. The molecule has 1 aromatic carbocycles. The van der Waals surface area contributed by atoms with Crippen molar-refractivity contribution in [1.82, 2.24) is 15.1 Å². The molecule has 3 rings (SSSR count). The van der Waals surface area contributed by atoms with E-state index in [4.69, 9.17) is 16.3 Å². The molecule has 8 heteroatoms. The van der Waals surface area contributed by atoms with E-state index in [1.165, 1.54) is 0 Å². The molecule has 2 saturated heterocycles. The summed E-state index contributed by atoms with van der Waals surface area (Å²) >= 11 is 5.89. The van der Waals surface area contributed by atoms with Gasteiger partial charge in [-0.3, -0.25) is 4.79 Å². The molecule has 0 aromatic heterocycles. The molecule has 2 fully saturated rings. The lowest BCUT2D eigenvalue weighted by molar-refractivity contribution is 0.0269. The molecule has 0 saturated carbocycles. The Morgan fingerprint density at radius 1 is 1.10 bits per heavy atom. The topological polar surface area (TPSA) is 82.1 Å². The zero-order valence-electron chi connectivity index (χ0n) is 17.2. The predicted molar refractivity (Wildman–Crippen MR) is 111 cm³/mol. The van der Waals surface area contributed by atoms with E-state index in [1.54, 1.807) is 29.2 Å². The molecule has 29 heavy (non-hydrogen) atoms. The molecule has 0 radical (unpaired) electrons. The van der Waals surface area contributed by atoms with Gasteiger partial charge in [-0.2, -0.15) is 0 Å². The van der Waals surface area contributed by atoms with Crippen molar-refractivity contribution in [3.8, 4) is 0 Å². The number of nitrogens with zero attached hydrogens (tertiary/aromatic N) is 2. The van der Waals surface area contributed by atoms with Crippen molar-refractivity contribution in [3.05, 3.63) is 34.9 Å². The van der Waals surface area contributed by atoms with Crippen molar-refractivity contribution < 1.29 is 19.4 Å². The summed E-state index contributed by atoms with van der Waals surface area (Å²) in [4.78, 5) is 28.2. The fourth-order valence-electron chi connectivity index (χ4n) is 3.75. The molecule has 2 atom stereocenters. The van der Waals surface area contributed by atoms with Crippen LogP contribution in [0.1, 0.15) is 44.0 Å². The molecular weight excluding hydrogens is 394 g/mol. The van der Waals surface area contributed by atoms with Crippen LogP contribution in [0.3, 0.4) is 0 Å². The maximum atomic E-state index is 12.6. The summed E-state index contributed by atoms with van der Waals surface area (Å²) in [6.07, 6.45) is 0.574. The first-order chi connectivity index (χ1) is 13.6. The maximum Gasteiger partial charge on any atom is 0.410 e. The van der Waals surface area contributed by atoms with Crippen molar-refractivity contribution in [2.45, 2.75) is 57.4 Å². The Morgan fingerprint density at radius 2 is 1.72 bits per heavy atom. The number of benzene rings is 1. The Morgan fingerprint density at radius 3 is 2.31 bits per heavy atom. The number of likely N-dealkylation sites (tertiary alicyclic amines) is 2. The predicted octanol–water partition coefficient (Wildman–Crippen LogP) is 2.51. The highest BCUT2D eigenvalue weighted by Gasteiger charge is 2.37. The molecule has 2 aliphatic heterocycles. The molecule has 0 unspecified atom stereocenters. The number of halogens is 1. The van der Waals surface area contributed by atoms with Crippen LogP contribution in [0, 0.1) is 0 Å². The number of nitrogens with one attached hydrogen (secondary N) is 1. The van der Waals surface area contributed by atoms with E-state index in [0.717, 1.165) is 12.8 Å². The van der Waals surface area contributed by atoms with Gasteiger partial charge in [-0.15, -0.1) is 0 Å². The number of rotatable bonds is 3. The molecule has 2 aliphatic rings. The van der Waals surface area contributed by atoms with Crippen LogP contribution in [0.4, 0.5) is 4.79 Å². The fourth-order valence-corrected chi connectivity index (χ4v) is 3.88. The normalized spacial score (nSPS) is 23.3. The van der Waals surface area contributed by atoms with E-state index in [2.05, 4.69) is 5.32 Å². The number of aliphatic hydroxyl groups is 1. The van der Waals surface area contributed by atoms with Gasteiger partial charge < -0.3 is 25.0 Å². The first-order valence-corrected chi connectivity index (χ1v) is 10.5. The van der Waals surface area contributed by atoms with Gasteiger partial charge >= 0.3 is 6.09 Å². The number of ether oxygens (including phenoxy) is 1. The third-order valence-corrected chi connectivity index (χ3v) is 5.52. The monoisotopic (exact) mass is 423 g/mol. The lowest BCUT2D eigenvalue weighted by atomic mass is 10.0. The molecule has 0 spiro atoms. The molecule has 2 N–H and O–H groups in total. The van der Waals surface area contributed by atoms with Gasteiger partial charge in [0.25, 0.3) is 5.91 Å². The Kier molecular flexibility index (Phi) is 6.71. The first kappa shape index (κ1) is 21.9. The fraction of sp³-hybridized carbons (Fsp3) is 0.619. The summed E-state index contributed by atoms with van der Waals surface area (Å²) in [5, 5.41) is 14.4. The second-order valence-corrected chi connectivity index (χ2v) is 9.24. The van der Waals surface area contributed by atoms with Gasteiger partial charge in [-0.25, -0.2) is 4.79 Å². The molecule has 2 amide bonds. The van der Waals surface area contributed by atoms with Crippen LogP contribution >= 0.6 is 11.6 Å². The van der Waals surface area contributed by atoms with Gasteiger partial charge in [-0.1, -0.05) is 11.6 Å². The lowest BCUT2D eigenvalue weighted by Crippen LogP contribution is -2.51. The van der Waals surface area contributed by atoms with Crippen molar-refractivity contribution in [2.24, 2.45) is 0 Å². The number of hydrogen-bond acceptors (Lipinski definition) is 5. The number of β-amino-alcohol motifs (C(OH)–C–C–N with tert-alkyl or cyclic N) is 1. The van der Waals surface area contributed by atoms with Gasteiger partial charge in [0.1, 0.15) is 5.60 Å². The minimum Gasteiger partial charge on any atom is -0.444 e. The van der Waals surface area contributed by atoms with Crippen molar-refractivity contribution >= 4 is 23.6 Å². The molecule has 2 heterocycles. The van der Waals surface area contributed by atoms with Crippen LogP contribution in [0.15, 0.2) is 24.3 Å². The van der Waals surface area contributed by atoms with E-state index in [-0.39, 0.29) is 24.5 Å².